The number of likely N-dealkylation sites (N-methyl/N-ethyl adjacent to an activating group) is 1. The molecule has 10 heteroatoms. The molecule has 1 rings (SSSR count). The highest BCUT2D eigenvalue weighted by Crippen LogP contribution is 2.47. The maximum absolute atomic E-state index is 13.2. The average Bonchev–Trinajstić information content (AvgIpc) is 2.36. The number of rotatable bonds is 3. The summed E-state index contributed by atoms with van der Waals surface area (Å²) in [5.74, 6) is -14.7. The Kier molecular flexibility index (Phi) is 4.57. The number of hydrogen-bond donors (Lipinski definition) is 0. The van der Waals surface area contributed by atoms with Crippen molar-refractivity contribution in [2.45, 2.75) is 24.9 Å². The zero-order valence-corrected chi connectivity index (χ0v) is 10.5. The Bertz CT molecular complexity index is 361. The van der Waals surface area contributed by atoms with Gasteiger partial charge in [-0.3, -0.25) is 4.79 Å². The van der Waals surface area contributed by atoms with E-state index in [2.05, 4.69) is 0 Å². The second-order valence-corrected chi connectivity index (χ2v) is 4.37. The summed E-state index contributed by atoms with van der Waals surface area (Å²) >= 11 is 0. The van der Waals surface area contributed by atoms with Crippen LogP contribution < -0.4 is 0 Å². The Morgan fingerprint density at radius 1 is 0.950 bits per heavy atom. The SMILES string of the molecule is CCN1CCN(C(=O)C(F)(F)C(F)(F)C(F)(F)F)CC1. The predicted molar refractivity (Wildman–Crippen MR) is 54.6 cm³/mol. The van der Waals surface area contributed by atoms with Crippen LogP contribution in [-0.2, 0) is 4.79 Å². The summed E-state index contributed by atoms with van der Waals surface area (Å²) in [4.78, 5) is 13.4. The van der Waals surface area contributed by atoms with Crippen LogP contribution >= 0.6 is 0 Å². The van der Waals surface area contributed by atoms with Crippen LogP contribution in [0.1, 0.15) is 6.92 Å². The molecule has 0 radical (unpaired) electrons. The molecule has 1 fully saturated rings. The molecule has 1 saturated heterocycles. The van der Waals surface area contributed by atoms with E-state index in [1.807, 2.05) is 0 Å². The molecule has 0 N–H and O–H groups in total. The second-order valence-electron chi connectivity index (χ2n) is 4.37. The number of amides is 1. The average molecular weight is 310 g/mol. The van der Waals surface area contributed by atoms with Gasteiger partial charge in [-0.15, -0.1) is 0 Å². The quantitative estimate of drug-likeness (QED) is 0.744. The van der Waals surface area contributed by atoms with E-state index >= 15 is 0 Å². The van der Waals surface area contributed by atoms with Crippen molar-refractivity contribution in [1.82, 2.24) is 9.80 Å². The molecule has 1 aliphatic heterocycles. The van der Waals surface area contributed by atoms with E-state index in [-0.39, 0.29) is 26.2 Å². The van der Waals surface area contributed by atoms with Gasteiger partial charge in [-0.05, 0) is 6.54 Å². The minimum atomic E-state index is -6.49. The number of piperazine rings is 1. The van der Waals surface area contributed by atoms with E-state index in [0.29, 0.717) is 11.4 Å². The van der Waals surface area contributed by atoms with Crippen molar-refractivity contribution < 1.29 is 35.5 Å². The zero-order valence-electron chi connectivity index (χ0n) is 10.5. The van der Waals surface area contributed by atoms with Crippen molar-refractivity contribution in [3.8, 4) is 0 Å². The third-order valence-corrected chi connectivity index (χ3v) is 3.13. The Morgan fingerprint density at radius 3 is 1.75 bits per heavy atom. The second kappa shape index (κ2) is 5.38. The lowest BCUT2D eigenvalue weighted by Crippen LogP contribution is -2.62. The zero-order chi connectivity index (χ0) is 15.8. The third-order valence-electron chi connectivity index (χ3n) is 3.13. The minimum Gasteiger partial charge on any atom is -0.335 e. The van der Waals surface area contributed by atoms with Crippen molar-refractivity contribution in [3.05, 3.63) is 0 Å². The van der Waals surface area contributed by atoms with Crippen molar-refractivity contribution in [3.63, 3.8) is 0 Å². The largest absolute Gasteiger partial charge is 0.460 e. The summed E-state index contributed by atoms with van der Waals surface area (Å²) in [6, 6.07) is 0. The summed E-state index contributed by atoms with van der Waals surface area (Å²) in [5.41, 5.74) is 0. The lowest BCUT2D eigenvalue weighted by molar-refractivity contribution is -0.346. The molecule has 0 aliphatic carbocycles. The molecule has 1 amide bonds. The molecular weight excluding hydrogens is 297 g/mol. The predicted octanol–water partition coefficient (Wildman–Crippen LogP) is 1.98. The van der Waals surface area contributed by atoms with Crippen LogP contribution in [0.3, 0.4) is 0 Å². The first-order valence-electron chi connectivity index (χ1n) is 5.79. The maximum Gasteiger partial charge on any atom is 0.460 e. The lowest BCUT2D eigenvalue weighted by atomic mass is 10.1. The third kappa shape index (κ3) is 2.84. The summed E-state index contributed by atoms with van der Waals surface area (Å²) in [7, 11) is 0. The summed E-state index contributed by atoms with van der Waals surface area (Å²) in [6.07, 6.45) is -6.49. The van der Waals surface area contributed by atoms with Crippen LogP contribution in [-0.4, -0.2) is 66.5 Å². The highest BCUT2D eigenvalue weighted by atomic mass is 19.4. The van der Waals surface area contributed by atoms with Gasteiger partial charge in [-0.2, -0.15) is 30.7 Å². The van der Waals surface area contributed by atoms with Crippen LogP contribution in [0, 0.1) is 0 Å². The van der Waals surface area contributed by atoms with Gasteiger partial charge in [-0.25, -0.2) is 0 Å². The number of hydrogen-bond acceptors (Lipinski definition) is 2. The van der Waals surface area contributed by atoms with Crippen LogP contribution in [0.15, 0.2) is 0 Å². The molecule has 0 aromatic carbocycles. The van der Waals surface area contributed by atoms with Gasteiger partial charge in [0.1, 0.15) is 0 Å². The van der Waals surface area contributed by atoms with Crippen molar-refractivity contribution in [1.29, 1.82) is 0 Å². The minimum absolute atomic E-state index is 0.149. The lowest BCUT2D eigenvalue weighted by Gasteiger charge is -2.37. The maximum atomic E-state index is 13.2. The van der Waals surface area contributed by atoms with Crippen LogP contribution in [0.2, 0.25) is 0 Å². The van der Waals surface area contributed by atoms with Crippen LogP contribution in [0.5, 0.6) is 0 Å². The molecule has 0 spiro atoms. The fourth-order valence-electron chi connectivity index (χ4n) is 1.78. The first kappa shape index (κ1) is 17.0. The highest BCUT2D eigenvalue weighted by Gasteiger charge is 2.76. The van der Waals surface area contributed by atoms with Crippen molar-refractivity contribution in [2.75, 3.05) is 32.7 Å². The molecule has 0 aromatic rings. The van der Waals surface area contributed by atoms with E-state index < -0.39 is 23.9 Å². The smallest absolute Gasteiger partial charge is 0.335 e. The summed E-state index contributed by atoms with van der Waals surface area (Å²) in [6.45, 7) is 2.01. The molecule has 1 heterocycles. The number of carbonyl (C=O) groups excluding carboxylic acids is 1. The Hall–Kier alpha value is -1.06. The first-order chi connectivity index (χ1) is 8.95. The molecule has 1 aliphatic rings. The summed E-state index contributed by atoms with van der Waals surface area (Å²) < 4.78 is 87.7. The van der Waals surface area contributed by atoms with E-state index in [0.717, 1.165) is 0 Å². The van der Waals surface area contributed by atoms with E-state index in [1.165, 1.54) is 0 Å². The molecule has 0 bridgehead atoms. The van der Waals surface area contributed by atoms with Gasteiger partial charge in [-0.1, -0.05) is 6.92 Å². The standard InChI is InChI=1S/C10H13F7N2O/c1-2-18-3-5-19(6-4-18)7(20)8(11,12)9(13,14)10(15,16)17/h2-6H2,1H3. The molecule has 20 heavy (non-hydrogen) atoms. The van der Waals surface area contributed by atoms with Gasteiger partial charge in [0, 0.05) is 26.2 Å². The monoisotopic (exact) mass is 310 g/mol. The fraction of sp³-hybridized carbons (Fsp3) is 0.900. The Balaban J connectivity index is 2.86. The van der Waals surface area contributed by atoms with Crippen molar-refractivity contribution in [2.24, 2.45) is 0 Å². The molecule has 0 atom stereocenters. The molecule has 0 aromatic heterocycles. The molecule has 3 nitrogen and oxygen atoms in total. The number of alkyl halides is 7. The molecular formula is C10H13F7N2O. The fourth-order valence-corrected chi connectivity index (χ4v) is 1.78. The number of halogens is 7. The van der Waals surface area contributed by atoms with E-state index in [9.17, 15) is 35.5 Å². The molecule has 118 valence electrons. The van der Waals surface area contributed by atoms with Gasteiger partial charge < -0.3 is 9.80 Å². The van der Waals surface area contributed by atoms with Crippen LogP contribution in [0.4, 0.5) is 30.7 Å². The van der Waals surface area contributed by atoms with E-state index in [1.54, 1.807) is 11.8 Å². The summed E-state index contributed by atoms with van der Waals surface area (Å²) in [5, 5.41) is 0. The molecule has 0 saturated carbocycles. The topological polar surface area (TPSA) is 23.6 Å². The van der Waals surface area contributed by atoms with Gasteiger partial charge in [0.15, 0.2) is 0 Å². The Labute approximate surface area is 110 Å². The Morgan fingerprint density at radius 2 is 1.40 bits per heavy atom. The first-order valence-corrected chi connectivity index (χ1v) is 5.79. The van der Waals surface area contributed by atoms with Gasteiger partial charge in [0.25, 0.3) is 5.91 Å². The number of nitrogens with zero attached hydrogens (tertiary/aromatic N) is 2. The van der Waals surface area contributed by atoms with Crippen molar-refractivity contribution >= 4 is 5.91 Å². The van der Waals surface area contributed by atoms with Crippen LogP contribution in [0.25, 0.3) is 0 Å². The molecule has 0 unspecified atom stereocenters. The van der Waals surface area contributed by atoms with Gasteiger partial charge >= 0.3 is 18.0 Å². The van der Waals surface area contributed by atoms with Gasteiger partial charge in [0.05, 0.1) is 0 Å². The van der Waals surface area contributed by atoms with E-state index in [4.69, 9.17) is 0 Å². The highest BCUT2D eigenvalue weighted by molar-refractivity contribution is 5.85. The van der Waals surface area contributed by atoms with Gasteiger partial charge in [0.2, 0.25) is 0 Å². The normalized spacial score (nSPS) is 19.3. The number of carbonyl (C=O) groups is 1.